The highest BCUT2D eigenvalue weighted by molar-refractivity contribution is 5.95. The predicted octanol–water partition coefficient (Wildman–Crippen LogP) is -4.28. The molecule has 242 valence electrons. The van der Waals surface area contributed by atoms with Crippen LogP contribution in [-0.2, 0) is 38.4 Å². The molecule has 17 nitrogen and oxygen atoms in total. The molecule has 1 heterocycles. The second-order valence-electron chi connectivity index (χ2n) is 10.2. The molecule has 0 bridgehead atoms. The maximum atomic E-state index is 12.8. The summed E-state index contributed by atoms with van der Waals surface area (Å²) < 4.78 is 0. The van der Waals surface area contributed by atoms with Crippen molar-refractivity contribution in [1.82, 2.24) is 42.1 Å². The van der Waals surface area contributed by atoms with Crippen molar-refractivity contribution in [1.29, 1.82) is 0 Å². The minimum absolute atomic E-state index is 0.0313. The van der Waals surface area contributed by atoms with Crippen LogP contribution >= 0.6 is 0 Å². The number of likely N-dealkylation sites (tertiary alicyclic amines) is 1. The van der Waals surface area contributed by atoms with Crippen molar-refractivity contribution >= 4 is 47.3 Å². The molecular formula is C26H45N9O8. The second kappa shape index (κ2) is 19.0. The number of rotatable bonds is 18. The van der Waals surface area contributed by atoms with Crippen molar-refractivity contribution in [2.75, 3.05) is 39.8 Å². The van der Waals surface area contributed by atoms with Crippen LogP contribution in [0, 0.1) is 0 Å². The number of hydrogen-bond donors (Lipinski definition) is 8. The van der Waals surface area contributed by atoms with E-state index in [0.29, 0.717) is 25.8 Å². The van der Waals surface area contributed by atoms with Crippen LogP contribution in [-0.4, -0.2) is 116 Å². The largest absolute Gasteiger partial charge is 0.368 e. The first kappa shape index (κ1) is 36.7. The van der Waals surface area contributed by atoms with E-state index in [-0.39, 0.29) is 25.4 Å². The number of likely N-dealkylation sites (N-methyl/N-ethyl adjacent to an activating group) is 1. The molecule has 0 spiro atoms. The fourth-order valence-corrected chi connectivity index (χ4v) is 4.14. The quantitative estimate of drug-likeness (QED) is 0.0746. The number of nitrogens with two attached hydrogens (primary N) is 1. The van der Waals surface area contributed by atoms with Crippen LogP contribution in [0.15, 0.2) is 0 Å². The Hall–Kier alpha value is -4.28. The Kier molecular flexibility index (Phi) is 16.2. The average Bonchev–Trinajstić information content (AvgIpc) is 3.45. The summed E-state index contributed by atoms with van der Waals surface area (Å²) in [5.74, 6) is -4.61. The lowest BCUT2D eigenvalue weighted by atomic mass is 10.1. The smallest absolute Gasteiger partial charge is 0.243 e. The van der Waals surface area contributed by atoms with E-state index in [1.807, 2.05) is 6.92 Å². The van der Waals surface area contributed by atoms with Crippen molar-refractivity contribution in [3.05, 3.63) is 0 Å². The van der Waals surface area contributed by atoms with Crippen molar-refractivity contribution < 1.29 is 38.4 Å². The van der Waals surface area contributed by atoms with Crippen LogP contribution in [0.4, 0.5) is 0 Å². The molecule has 9 N–H and O–H groups in total. The summed E-state index contributed by atoms with van der Waals surface area (Å²) in [5, 5.41) is 17.4. The third-order valence-electron chi connectivity index (χ3n) is 6.55. The van der Waals surface area contributed by atoms with Gasteiger partial charge in [0.05, 0.1) is 26.2 Å². The Morgan fingerprint density at radius 1 is 0.791 bits per heavy atom. The lowest BCUT2D eigenvalue weighted by molar-refractivity contribution is -0.139. The van der Waals surface area contributed by atoms with E-state index in [9.17, 15) is 38.4 Å². The van der Waals surface area contributed by atoms with Gasteiger partial charge in [0, 0.05) is 6.54 Å². The number of nitrogens with one attached hydrogen (secondary N) is 7. The topological polar surface area (TPSA) is 250 Å². The van der Waals surface area contributed by atoms with Gasteiger partial charge in [-0.15, -0.1) is 0 Å². The van der Waals surface area contributed by atoms with Gasteiger partial charge in [-0.2, -0.15) is 0 Å². The lowest BCUT2D eigenvalue weighted by Gasteiger charge is -2.24. The van der Waals surface area contributed by atoms with Crippen molar-refractivity contribution in [2.45, 2.75) is 77.0 Å². The van der Waals surface area contributed by atoms with Gasteiger partial charge in [0.1, 0.15) is 24.2 Å². The van der Waals surface area contributed by atoms with Crippen LogP contribution in [0.1, 0.15) is 52.9 Å². The Balaban J connectivity index is 2.59. The molecule has 0 saturated carbocycles. The number of nitrogens with zero attached hydrogens (tertiary/aromatic N) is 1. The Bertz CT molecular complexity index is 1040. The molecule has 1 aliphatic heterocycles. The zero-order chi connectivity index (χ0) is 32.5. The van der Waals surface area contributed by atoms with Crippen LogP contribution < -0.4 is 43.0 Å². The van der Waals surface area contributed by atoms with Crippen molar-refractivity contribution in [3.8, 4) is 0 Å². The van der Waals surface area contributed by atoms with Gasteiger partial charge in [-0.25, -0.2) is 0 Å². The molecule has 0 aromatic carbocycles. The third-order valence-corrected chi connectivity index (χ3v) is 6.55. The van der Waals surface area contributed by atoms with Gasteiger partial charge in [-0.05, 0) is 40.2 Å². The first-order valence-corrected chi connectivity index (χ1v) is 14.2. The highest BCUT2D eigenvalue weighted by Crippen LogP contribution is 2.17. The number of amides is 8. The molecule has 8 amide bonds. The Morgan fingerprint density at radius 3 is 2.00 bits per heavy atom. The summed E-state index contributed by atoms with van der Waals surface area (Å²) in [6.07, 6.45) is 2.54. The SMILES string of the molecule is CCCC[C@H](NC(=O)CNC(=O)[C@@H]1CCCN1C(=O)CNC(=O)[C@H](C)NC(=O)CNC)C(=O)NCC(=O)N[C@@H](C)C(N)=O. The standard InChI is InChI=1S/C26H45N9O8/c1-5-6-8-17(25(42)29-12-20(37)32-15(2)23(27)40)34-21(38)13-30-26(43)18-9-7-10-35(18)22(39)14-31-24(41)16(3)33-19(36)11-28-4/h15-18,28H,5-14H2,1-4H3,(H2,27,40)(H,29,42)(H,30,43)(H,31,41)(H,32,37)(H,33,36)(H,34,38)/t15-,16-,17-,18-/m0/s1. The highest BCUT2D eigenvalue weighted by Gasteiger charge is 2.34. The molecule has 0 aromatic rings. The van der Waals surface area contributed by atoms with E-state index in [1.54, 1.807) is 7.05 Å². The molecule has 43 heavy (non-hydrogen) atoms. The molecule has 0 radical (unpaired) electrons. The van der Waals surface area contributed by atoms with Crippen molar-refractivity contribution in [3.63, 3.8) is 0 Å². The minimum atomic E-state index is -0.968. The number of unbranched alkanes of at least 4 members (excludes halogenated alkanes) is 1. The lowest BCUT2D eigenvalue weighted by Crippen LogP contribution is -2.54. The summed E-state index contributed by atoms with van der Waals surface area (Å²) in [5.41, 5.74) is 5.10. The number of hydrogen-bond acceptors (Lipinski definition) is 9. The maximum Gasteiger partial charge on any atom is 0.243 e. The summed E-state index contributed by atoms with van der Waals surface area (Å²) in [6, 6.07) is -3.59. The fraction of sp³-hybridized carbons (Fsp3) is 0.692. The van der Waals surface area contributed by atoms with Gasteiger partial charge in [-0.3, -0.25) is 38.4 Å². The monoisotopic (exact) mass is 611 g/mol. The Labute approximate surface area is 250 Å². The first-order valence-electron chi connectivity index (χ1n) is 14.2. The maximum absolute atomic E-state index is 12.8. The third kappa shape index (κ3) is 13.5. The second-order valence-corrected chi connectivity index (χ2v) is 10.2. The molecule has 0 aliphatic carbocycles. The van der Waals surface area contributed by atoms with Crippen LogP contribution in [0.2, 0.25) is 0 Å². The van der Waals surface area contributed by atoms with E-state index in [4.69, 9.17) is 5.73 Å². The minimum Gasteiger partial charge on any atom is -0.368 e. The molecular weight excluding hydrogens is 566 g/mol. The van der Waals surface area contributed by atoms with Gasteiger partial charge in [0.25, 0.3) is 0 Å². The Morgan fingerprint density at radius 2 is 1.37 bits per heavy atom. The van der Waals surface area contributed by atoms with E-state index >= 15 is 0 Å². The van der Waals surface area contributed by atoms with E-state index in [0.717, 1.165) is 6.42 Å². The number of carbonyl (C=O) groups is 8. The predicted molar refractivity (Wildman–Crippen MR) is 154 cm³/mol. The van der Waals surface area contributed by atoms with Gasteiger partial charge in [0.2, 0.25) is 47.3 Å². The molecule has 0 aromatic heterocycles. The van der Waals surface area contributed by atoms with Crippen LogP contribution in [0.5, 0.6) is 0 Å². The summed E-state index contributed by atoms with van der Waals surface area (Å²) in [7, 11) is 1.59. The van der Waals surface area contributed by atoms with Crippen molar-refractivity contribution in [2.24, 2.45) is 5.73 Å². The molecule has 1 fully saturated rings. The molecule has 17 heteroatoms. The zero-order valence-electron chi connectivity index (χ0n) is 25.2. The molecule has 1 rings (SSSR count). The summed E-state index contributed by atoms with van der Waals surface area (Å²) >= 11 is 0. The fourth-order valence-electron chi connectivity index (χ4n) is 4.14. The van der Waals surface area contributed by atoms with Gasteiger partial charge < -0.3 is 47.9 Å². The molecule has 1 aliphatic rings. The molecule has 1 saturated heterocycles. The average molecular weight is 612 g/mol. The zero-order valence-corrected chi connectivity index (χ0v) is 25.2. The molecule has 4 atom stereocenters. The van der Waals surface area contributed by atoms with E-state index in [1.165, 1.54) is 18.7 Å². The first-order chi connectivity index (χ1) is 20.3. The number of carbonyl (C=O) groups excluding carboxylic acids is 8. The normalized spacial score (nSPS) is 16.2. The van der Waals surface area contributed by atoms with Gasteiger partial charge >= 0.3 is 0 Å². The number of primary amides is 1. The van der Waals surface area contributed by atoms with E-state index < -0.39 is 78.6 Å². The summed E-state index contributed by atoms with van der Waals surface area (Å²) in [4.78, 5) is 98.9. The highest BCUT2D eigenvalue weighted by atomic mass is 16.2. The van der Waals surface area contributed by atoms with Gasteiger partial charge in [-0.1, -0.05) is 19.8 Å². The van der Waals surface area contributed by atoms with Gasteiger partial charge in [0.15, 0.2) is 0 Å². The van der Waals surface area contributed by atoms with E-state index in [2.05, 4.69) is 37.2 Å². The summed E-state index contributed by atoms with van der Waals surface area (Å²) in [6.45, 7) is 3.84. The van der Waals surface area contributed by atoms with Crippen LogP contribution in [0.25, 0.3) is 0 Å². The van der Waals surface area contributed by atoms with Crippen LogP contribution in [0.3, 0.4) is 0 Å². The molecule has 0 unspecified atom stereocenters.